The second kappa shape index (κ2) is 9.17. The lowest BCUT2D eigenvalue weighted by atomic mass is 10.2. The first-order chi connectivity index (χ1) is 12.7. The monoisotopic (exact) mass is 357 g/mol. The highest BCUT2D eigenvalue weighted by Gasteiger charge is 2.36. The number of carbonyl (C=O) groups excluding carboxylic acids is 2. The van der Waals surface area contributed by atoms with Crippen molar-refractivity contribution in [1.82, 2.24) is 14.7 Å². The maximum absolute atomic E-state index is 12.9. The van der Waals surface area contributed by atoms with Crippen LogP contribution in [0.15, 0.2) is 30.3 Å². The van der Waals surface area contributed by atoms with Gasteiger partial charge >= 0.3 is 0 Å². The molecule has 2 saturated heterocycles. The minimum atomic E-state index is -0.00981. The van der Waals surface area contributed by atoms with Crippen LogP contribution in [0, 0.1) is 0 Å². The first kappa shape index (κ1) is 18.9. The highest BCUT2D eigenvalue weighted by molar-refractivity contribution is 5.84. The van der Waals surface area contributed by atoms with Crippen molar-refractivity contribution in [2.45, 2.75) is 51.6 Å². The minimum Gasteiger partial charge on any atom is -0.341 e. The Morgan fingerprint density at radius 3 is 2.65 bits per heavy atom. The lowest BCUT2D eigenvalue weighted by Crippen LogP contribution is -2.44. The van der Waals surface area contributed by atoms with E-state index in [-0.39, 0.29) is 17.9 Å². The Kier molecular flexibility index (Phi) is 6.67. The predicted molar refractivity (Wildman–Crippen MR) is 103 cm³/mol. The van der Waals surface area contributed by atoms with E-state index in [1.54, 1.807) is 0 Å². The summed E-state index contributed by atoms with van der Waals surface area (Å²) in [4.78, 5) is 31.5. The summed E-state index contributed by atoms with van der Waals surface area (Å²) in [7, 11) is 0. The van der Waals surface area contributed by atoms with Gasteiger partial charge in [0.1, 0.15) is 0 Å². The molecule has 0 spiro atoms. The van der Waals surface area contributed by atoms with Crippen LogP contribution in [0.4, 0.5) is 0 Å². The van der Waals surface area contributed by atoms with Gasteiger partial charge in [-0.05, 0) is 24.8 Å². The summed E-state index contributed by atoms with van der Waals surface area (Å²) in [6, 6.07) is 10.2. The van der Waals surface area contributed by atoms with Gasteiger partial charge in [0, 0.05) is 45.7 Å². The summed E-state index contributed by atoms with van der Waals surface area (Å²) in [5.74, 6) is 0.525. The molecular formula is C21H31N3O2. The Balaban J connectivity index is 1.53. The summed E-state index contributed by atoms with van der Waals surface area (Å²) in [6.45, 7) is 6.95. The van der Waals surface area contributed by atoms with Gasteiger partial charge < -0.3 is 9.80 Å². The summed E-state index contributed by atoms with van der Waals surface area (Å²) >= 11 is 0. The summed E-state index contributed by atoms with van der Waals surface area (Å²) in [5, 5.41) is 0. The van der Waals surface area contributed by atoms with E-state index in [1.165, 1.54) is 5.56 Å². The number of nitrogens with zero attached hydrogens (tertiary/aromatic N) is 3. The third-order valence-electron chi connectivity index (χ3n) is 5.55. The molecule has 1 atom stereocenters. The molecule has 1 aromatic rings. The molecule has 1 unspecified atom stereocenters. The zero-order valence-electron chi connectivity index (χ0n) is 15.9. The van der Waals surface area contributed by atoms with E-state index in [0.717, 1.165) is 58.4 Å². The van der Waals surface area contributed by atoms with Crippen molar-refractivity contribution in [3.63, 3.8) is 0 Å². The standard InChI is InChI=1S/C21H31N3O2/c1-2-3-10-20(25)23-13-7-12-22(15-16-23)19-11-14-24(21(19)26)17-18-8-5-4-6-9-18/h4-6,8-9,19H,2-3,7,10-17H2,1H3. The smallest absolute Gasteiger partial charge is 0.240 e. The molecule has 0 bridgehead atoms. The number of amides is 2. The van der Waals surface area contributed by atoms with Gasteiger partial charge in [-0.1, -0.05) is 43.7 Å². The van der Waals surface area contributed by atoms with Crippen molar-refractivity contribution in [1.29, 1.82) is 0 Å². The van der Waals surface area contributed by atoms with Crippen molar-refractivity contribution in [3.8, 4) is 0 Å². The van der Waals surface area contributed by atoms with E-state index in [4.69, 9.17) is 0 Å². The first-order valence-corrected chi connectivity index (χ1v) is 10.0. The molecule has 5 heteroatoms. The second-order valence-corrected chi connectivity index (χ2v) is 7.42. The van der Waals surface area contributed by atoms with Crippen molar-refractivity contribution >= 4 is 11.8 Å². The number of carbonyl (C=O) groups is 2. The predicted octanol–water partition coefficient (Wildman–Crippen LogP) is 2.51. The van der Waals surface area contributed by atoms with Gasteiger partial charge in [0.2, 0.25) is 11.8 Å². The molecule has 2 amide bonds. The molecular weight excluding hydrogens is 326 g/mol. The molecule has 0 N–H and O–H groups in total. The van der Waals surface area contributed by atoms with E-state index in [0.29, 0.717) is 13.0 Å². The minimum absolute atomic E-state index is 0.00981. The fraction of sp³-hybridized carbons (Fsp3) is 0.619. The highest BCUT2D eigenvalue weighted by atomic mass is 16.2. The molecule has 1 aromatic carbocycles. The normalized spacial score (nSPS) is 21.9. The van der Waals surface area contributed by atoms with Crippen molar-refractivity contribution in [2.24, 2.45) is 0 Å². The summed E-state index contributed by atoms with van der Waals surface area (Å²) in [5.41, 5.74) is 1.19. The lowest BCUT2D eigenvalue weighted by Gasteiger charge is -2.26. The molecule has 0 radical (unpaired) electrons. The number of unbranched alkanes of at least 4 members (excludes halogenated alkanes) is 1. The molecule has 0 saturated carbocycles. The number of benzene rings is 1. The van der Waals surface area contributed by atoms with Crippen LogP contribution < -0.4 is 0 Å². The Labute approximate surface area is 156 Å². The molecule has 142 valence electrons. The number of hydrogen-bond donors (Lipinski definition) is 0. The van der Waals surface area contributed by atoms with Gasteiger partial charge in [-0.15, -0.1) is 0 Å². The van der Waals surface area contributed by atoms with Crippen LogP contribution in [0.2, 0.25) is 0 Å². The number of likely N-dealkylation sites (tertiary alicyclic amines) is 1. The third-order valence-corrected chi connectivity index (χ3v) is 5.55. The molecule has 3 rings (SSSR count). The lowest BCUT2D eigenvalue weighted by molar-refractivity contribution is -0.132. The molecule has 5 nitrogen and oxygen atoms in total. The SMILES string of the molecule is CCCCC(=O)N1CCCN(C2CCN(Cc3ccccc3)C2=O)CC1. The molecule has 2 fully saturated rings. The summed E-state index contributed by atoms with van der Waals surface area (Å²) < 4.78 is 0. The zero-order chi connectivity index (χ0) is 18.4. The van der Waals surface area contributed by atoms with Gasteiger partial charge in [0.15, 0.2) is 0 Å². The van der Waals surface area contributed by atoms with Gasteiger partial charge in [0.25, 0.3) is 0 Å². The molecule has 2 aliphatic rings. The topological polar surface area (TPSA) is 43.9 Å². The fourth-order valence-corrected chi connectivity index (χ4v) is 4.01. The summed E-state index contributed by atoms with van der Waals surface area (Å²) in [6.07, 6.45) is 4.54. The fourth-order valence-electron chi connectivity index (χ4n) is 4.01. The van der Waals surface area contributed by atoms with Gasteiger partial charge in [0.05, 0.1) is 6.04 Å². The maximum Gasteiger partial charge on any atom is 0.240 e. The Morgan fingerprint density at radius 1 is 1.08 bits per heavy atom. The first-order valence-electron chi connectivity index (χ1n) is 10.0. The van der Waals surface area contributed by atoms with Crippen LogP contribution in [-0.4, -0.2) is 65.3 Å². The van der Waals surface area contributed by atoms with Crippen LogP contribution in [0.5, 0.6) is 0 Å². The number of hydrogen-bond acceptors (Lipinski definition) is 3. The van der Waals surface area contributed by atoms with Crippen LogP contribution in [0.1, 0.15) is 44.6 Å². The quantitative estimate of drug-likeness (QED) is 0.786. The largest absolute Gasteiger partial charge is 0.341 e. The Bertz CT molecular complexity index is 605. The van der Waals surface area contributed by atoms with Crippen LogP contribution in [0.25, 0.3) is 0 Å². The van der Waals surface area contributed by atoms with Crippen LogP contribution >= 0.6 is 0 Å². The van der Waals surface area contributed by atoms with E-state index < -0.39 is 0 Å². The van der Waals surface area contributed by atoms with E-state index in [2.05, 4.69) is 24.0 Å². The van der Waals surface area contributed by atoms with Crippen molar-refractivity contribution in [2.75, 3.05) is 32.7 Å². The van der Waals surface area contributed by atoms with Gasteiger partial charge in [-0.3, -0.25) is 14.5 Å². The third kappa shape index (κ3) is 4.64. The van der Waals surface area contributed by atoms with Crippen LogP contribution in [0.3, 0.4) is 0 Å². The molecule has 0 aromatic heterocycles. The Hall–Kier alpha value is -1.88. The molecule has 26 heavy (non-hydrogen) atoms. The Morgan fingerprint density at radius 2 is 1.88 bits per heavy atom. The van der Waals surface area contributed by atoms with Gasteiger partial charge in [-0.25, -0.2) is 0 Å². The van der Waals surface area contributed by atoms with E-state index in [9.17, 15) is 9.59 Å². The average Bonchev–Trinajstić information content (AvgIpc) is 2.87. The number of rotatable bonds is 6. The second-order valence-electron chi connectivity index (χ2n) is 7.42. The highest BCUT2D eigenvalue weighted by Crippen LogP contribution is 2.21. The van der Waals surface area contributed by atoms with Gasteiger partial charge in [-0.2, -0.15) is 0 Å². The molecule has 2 aliphatic heterocycles. The molecule has 0 aliphatic carbocycles. The average molecular weight is 357 g/mol. The zero-order valence-corrected chi connectivity index (χ0v) is 15.9. The maximum atomic E-state index is 12.9. The van der Waals surface area contributed by atoms with Crippen molar-refractivity contribution < 1.29 is 9.59 Å². The van der Waals surface area contributed by atoms with Crippen LogP contribution in [-0.2, 0) is 16.1 Å². The van der Waals surface area contributed by atoms with E-state index >= 15 is 0 Å². The van der Waals surface area contributed by atoms with E-state index in [1.807, 2.05) is 28.0 Å². The molecule has 2 heterocycles. The van der Waals surface area contributed by atoms with Crippen molar-refractivity contribution in [3.05, 3.63) is 35.9 Å².